The number of amides is 1. The van der Waals surface area contributed by atoms with Gasteiger partial charge in [0, 0.05) is 12.6 Å². The Morgan fingerprint density at radius 2 is 2.56 bits per heavy atom. The lowest BCUT2D eigenvalue weighted by atomic mass is 10.1. The van der Waals surface area contributed by atoms with E-state index in [1.165, 1.54) is 6.21 Å². The SMILES string of the molecule is O=C(Cl)C1CC=NC1=O. The minimum Gasteiger partial charge on any atom is -0.280 e. The highest BCUT2D eigenvalue weighted by atomic mass is 35.5. The molecule has 0 aromatic rings. The molecule has 4 heteroatoms. The van der Waals surface area contributed by atoms with Crippen molar-refractivity contribution in [2.45, 2.75) is 6.42 Å². The first-order valence-corrected chi connectivity index (χ1v) is 2.85. The highest BCUT2D eigenvalue weighted by Gasteiger charge is 2.26. The Bertz CT molecular complexity index is 187. The molecule has 1 rings (SSSR count). The standard InChI is InChI=1S/C5H4ClNO2/c6-4(8)3-1-2-7-5(3)9/h2-3H,1H2. The summed E-state index contributed by atoms with van der Waals surface area (Å²) in [5.41, 5.74) is 0. The monoisotopic (exact) mass is 145 g/mol. The zero-order valence-corrected chi connectivity index (χ0v) is 5.26. The van der Waals surface area contributed by atoms with Gasteiger partial charge in [0.25, 0.3) is 5.91 Å². The summed E-state index contributed by atoms with van der Waals surface area (Å²) < 4.78 is 0. The van der Waals surface area contributed by atoms with E-state index in [4.69, 9.17) is 11.6 Å². The molecule has 0 fully saturated rings. The van der Waals surface area contributed by atoms with Gasteiger partial charge >= 0.3 is 0 Å². The van der Waals surface area contributed by atoms with Gasteiger partial charge in [-0.1, -0.05) is 0 Å². The first kappa shape index (κ1) is 6.42. The maximum absolute atomic E-state index is 10.5. The summed E-state index contributed by atoms with van der Waals surface area (Å²) in [7, 11) is 0. The lowest BCUT2D eigenvalue weighted by Crippen LogP contribution is -2.13. The second-order valence-electron chi connectivity index (χ2n) is 1.74. The van der Waals surface area contributed by atoms with Crippen LogP contribution in [0.1, 0.15) is 6.42 Å². The Kier molecular flexibility index (Phi) is 1.62. The highest BCUT2D eigenvalue weighted by molar-refractivity contribution is 6.65. The fourth-order valence-electron chi connectivity index (χ4n) is 0.629. The van der Waals surface area contributed by atoms with Gasteiger partial charge in [-0.2, -0.15) is 0 Å². The normalized spacial score (nSPS) is 25.0. The van der Waals surface area contributed by atoms with Crippen LogP contribution in [0, 0.1) is 5.92 Å². The second kappa shape index (κ2) is 2.27. The molecule has 1 aliphatic rings. The predicted molar refractivity (Wildman–Crippen MR) is 32.5 cm³/mol. The molecule has 0 N–H and O–H groups in total. The lowest BCUT2D eigenvalue weighted by Gasteiger charge is -1.94. The second-order valence-corrected chi connectivity index (χ2v) is 2.11. The van der Waals surface area contributed by atoms with Crippen molar-refractivity contribution in [1.82, 2.24) is 0 Å². The van der Waals surface area contributed by atoms with Crippen LogP contribution in [0.2, 0.25) is 0 Å². The third-order valence-corrected chi connectivity index (χ3v) is 1.40. The average Bonchev–Trinajstić information content (AvgIpc) is 2.13. The van der Waals surface area contributed by atoms with Gasteiger partial charge in [-0.3, -0.25) is 9.59 Å². The average molecular weight is 146 g/mol. The molecule has 3 nitrogen and oxygen atoms in total. The van der Waals surface area contributed by atoms with Crippen LogP contribution in [-0.2, 0) is 9.59 Å². The van der Waals surface area contributed by atoms with Crippen LogP contribution in [0.15, 0.2) is 4.99 Å². The molecule has 0 spiro atoms. The van der Waals surface area contributed by atoms with E-state index in [1.54, 1.807) is 0 Å². The summed E-state index contributed by atoms with van der Waals surface area (Å²) in [5.74, 6) is -1.12. The number of hydrogen-bond donors (Lipinski definition) is 0. The van der Waals surface area contributed by atoms with Gasteiger partial charge in [0.2, 0.25) is 5.24 Å². The number of hydrogen-bond acceptors (Lipinski definition) is 2. The van der Waals surface area contributed by atoms with Crippen molar-refractivity contribution < 1.29 is 9.59 Å². The largest absolute Gasteiger partial charge is 0.280 e. The minimum atomic E-state index is -0.702. The van der Waals surface area contributed by atoms with E-state index in [9.17, 15) is 9.59 Å². The van der Waals surface area contributed by atoms with Crippen LogP contribution >= 0.6 is 11.6 Å². The van der Waals surface area contributed by atoms with E-state index < -0.39 is 17.1 Å². The molecule has 48 valence electrons. The molecule has 1 amide bonds. The zero-order chi connectivity index (χ0) is 6.85. The highest BCUT2D eigenvalue weighted by Crippen LogP contribution is 2.13. The summed E-state index contributed by atoms with van der Waals surface area (Å²) in [6.45, 7) is 0. The van der Waals surface area contributed by atoms with Crippen LogP contribution in [-0.4, -0.2) is 17.4 Å². The van der Waals surface area contributed by atoms with Crippen molar-refractivity contribution in [2.24, 2.45) is 10.9 Å². The van der Waals surface area contributed by atoms with Crippen LogP contribution in [0.25, 0.3) is 0 Å². The summed E-state index contributed by atoms with van der Waals surface area (Å²) in [5, 5.41) is -0.613. The third-order valence-electron chi connectivity index (χ3n) is 1.13. The third kappa shape index (κ3) is 1.16. The summed E-state index contributed by atoms with van der Waals surface area (Å²) in [6.07, 6.45) is 1.77. The number of halogens is 1. The van der Waals surface area contributed by atoms with Crippen LogP contribution in [0.5, 0.6) is 0 Å². The Balaban J connectivity index is 2.66. The quantitative estimate of drug-likeness (QED) is 0.395. The van der Waals surface area contributed by atoms with Crippen molar-refractivity contribution >= 4 is 29.0 Å². The maximum atomic E-state index is 10.5. The number of carbonyl (C=O) groups is 2. The van der Waals surface area contributed by atoms with Gasteiger partial charge < -0.3 is 0 Å². The minimum absolute atomic E-state index is 0.362. The Hall–Kier alpha value is -0.700. The van der Waals surface area contributed by atoms with Crippen molar-refractivity contribution in [3.63, 3.8) is 0 Å². The van der Waals surface area contributed by atoms with E-state index in [2.05, 4.69) is 4.99 Å². The Morgan fingerprint density at radius 3 is 2.78 bits per heavy atom. The van der Waals surface area contributed by atoms with Gasteiger partial charge in [0.05, 0.1) is 0 Å². The number of carbonyl (C=O) groups excluding carboxylic acids is 2. The van der Waals surface area contributed by atoms with Gasteiger partial charge in [0.1, 0.15) is 5.92 Å². The van der Waals surface area contributed by atoms with Crippen LogP contribution in [0.4, 0.5) is 0 Å². The Labute approximate surface area is 56.7 Å². The van der Waals surface area contributed by atoms with E-state index in [1.807, 2.05) is 0 Å². The number of rotatable bonds is 1. The van der Waals surface area contributed by atoms with Gasteiger partial charge in [-0.15, -0.1) is 0 Å². The maximum Gasteiger partial charge on any atom is 0.257 e. The van der Waals surface area contributed by atoms with E-state index in [0.717, 1.165) is 0 Å². The molecule has 1 unspecified atom stereocenters. The molecule has 1 aliphatic heterocycles. The van der Waals surface area contributed by atoms with Gasteiger partial charge in [0.15, 0.2) is 0 Å². The molecule has 0 bridgehead atoms. The van der Waals surface area contributed by atoms with E-state index >= 15 is 0 Å². The van der Waals surface area contributed by atoms with Crippen molar-refractivity contribution in [3.05, 3.63) is 0 Å². The molecule has 0 saturated carbocycles. The van der Waals surface area contributed by atoms with Crippen LogP contribution < -0.4 is 0 Å². The molecule has 0 aromatic heterocycles. The molecule has 9 heavy (non-hydrogen) atoms. The van der Waals surface area contributed by atoms with E-state index in [-0.39, 0.29) is 0 Å². The van der Waals surface area contributed by atoms with Gasteiger partial charge in [-0.05, 0) is 11.6 Å². The van der Waals surface area contributed by atoms with Crippen molar-refractivity contribution in [2.75, 3.05) is 0 Å². The van der Waals surface area contributed by atoms with Crippen molar-refractivity contribution in [1.29, 1.82) is 0 Å². The molecule has 0 aliphatic carbocycles. The zero-order valence-electron chi connectivity index (χ0n) is 4.50. The first-order valence-electron chi connectivity index (χ1n) is 2.47. The fraction of sp³-hybridized carbons (Fsp3) is 0.400. The first-order chi connectivity index (χ1) is 4.22. The predicted octanol–water partition coefficient (Wildman–Crippen LogP) is 0.369. The lowest BCUT2D eigenvalue weighted by molar-refractivity contribution is -0.126. The number of aliphatic imine (C=N–C) groups is 1. The summed E-state index contributed by atoms with van der Waals surface area (Å²) >= 11 is 5.04. The molecule has 0 saturated heterocycles. The smallest absolute Gasteiger partial charge is 0.257 e. The molecule has 1 heterocycles. The summed E-state index contributed by atoms with van der Waals surface area (Å²) in [4.78, 5) is 24.2. The molecule has 1 atom stereocenters. The van der Waals surface area contributed by atoms with E-state index in [0.29, 0.717) is 6.42 Å². The molecule has 0 radical (unpaired) electrons. The van der Waals surface area contributed by atoms with Crippen molar-refractivity contribution in [3.8, 4) is 0 Å². The molecular formula is C5H4ClNO2. The Morgan fingerprint density at radius 1 is 1.89 bits per heavy atom. The molecule has 0 aromatic carbocycles. The van der Waals surface area contributed by atoms with Crippen LogP contribution in [0.3, 0.4) is 0 Å². The summed E-state index contributed by atoms with van der Waals surface area (Å²) in [6, 6.07) is 0. The fourth-order valence-corrected chi connectivity index (χ4v) is 0.811. The number of nitrogens with zero attached hydrogens (tertiary/aromatic N) is 1. The topological polar surface area (TPSA) is 46.5 Å². The molecular weight excluding hydrogens is 142 g/mol. The van der Waals surface area contributed by atoms with Gasteiger partial charge in [-0.25, -0.2) is 4.99 Å².